The summed E-state index contributed by atoms with van der Waals surface area (Å²) in [7, 11) is 1.67. The quantitative estimate of drug-likeness (QED) is 0.277. The average Bonchev–Trinajstić information content (AvgIpc) is 3.33. The van der Waals surface area contributed by atoms with Crippen molar-refractivity contribution in [3.63, 3.8) is 0 Å². The molecule has 6 rings (SSSR count). The summed E-state index contributed by atoms with van der Waals surface area (Å²) in [5.41, 5.74) is 7.93. The molecule has 3 aromatic carbocycles. The Kier molecular flexibility index (Phi) is 5.78. The number of carbonyl (C=O) groups is 1. The van der Waals surface area contributed by atoms with Crippen LogP contribution in [0.2, 0.25) is 5.02 Å². The molecule has 0 atom stereocenters. The molecule has 0 bridgehead atoms. The number of aromatic nitrogens is 2. The third kappa shape index (κ3) is 3.86. The number of halogens is 1. The number of ether oxygens (including phenoxy) is 1. The Hall–Kier alpha value is -3.96. The van der Waals surface area contributed by atoms with Crippen LogP contribution in [0.3, 0.4) is 0 Å². The number of aryl methyl sites for hydroxylation is 2. The molecule has 0 unspecified atom stereocenters. The molecule has 0 saturated heterocycles. The normalized spacial score (nSPS) is 12.9. The number of amides is 1. The summed E-state index contributed by atoms with van der Waals surface area (Å²) in [6, 6.07) is 25.6. The first kappa shape index (κ1) is 22.5. The zero-order chi connectivity index (χ0) is 24.6. The van der Waals surface area contributed by atoms with E-state index in [2.05, 4.69) is 44.7 Å². The summed E-state index contributed by atoms with van der Waals surface area (Å²) >= 11 is 6.06. The molecule has 180 valence electrons. The lowest BCUT2D eigenvalue weighted by Crippen LogP contribution is -2.15. The molecule has 5 aromatic rings. The molecule has 0 spiro atoms. The first-order valence-corrected chi connectivity index (χ1v) is 12.5. The zero-order valence-electron chi connectivity index (χ0n) is 20.0. The van der Waals surface area contributed by atoms with Gasteiger partial charge in [-0.2, -0.15) is 0 Å². The van der Waals surface area contributed by atoms with Crippen LogP contribution in [-0.2, 0) is 13.0 Å². The fourth-order valence-electron chi connectivity index (χ4n) is 5.24. The van der Waals surface area contributed by atoms with E-state index in [4.69, 9.17) is 16.3 Å². The van der Waals surface area contributed by atoms with Crippen LogP contribution in [0.4, 0.5) is 5.69 Å². The second kappa shape index (κ2) is 9.25. The zero-order valence-corrected chi connectivity index (χ0v) is 20.8. The number of rotatable bonds is 5. The van der Waals surface area contributed by atoms with Crippen molar-refractivity contribution >= 4 is 28.8 Å². The van der Waals surface area contributed by atoms with Gasteiger partial charge in [0.15, 0.2) is 0 Å². The van der Waals surface area contributed by atoms with Crippen LogP contribution in [0, 0.1) is 0 Å². The van der Waals surface area contributed by atoms with E-state index in [9.17, 15) is 4.79 Å². The number of benzene rings is 3. The summed E-state index contributed by atoms with van der Waals surface area (Å²) in [5.74, 6) is 0.680. The highest BCUT2D eigenvalue weighted by Crippen LogP contribution is 2.39. The van der Waals surface area contributed by atoms with Crippen molar-refractivity contribution < 1.29 is 9.53 Å². The van der Waals surface area contributed by atoms with E-state index in [-0.39, 0.29) is 5.91 Å². The topological polar surface area (TPSA) is 47.7 Å². The minimum absolute atomic E-state index is 0.142. The fraction of sp³-hybridized carbons (Fsp3) is 0.167. The average molecular weight is 496 g/mol. The highest BCUT2D eigenvalue weighted by molar-refractivity contribution is 6.30. The first-order chi connectivity index (χ1) is 17.6. The van der Waals surface area contributed by atoms with Gasteiger partial charge in [-0.25, -0.2) is 0 Å². The van der Waals surface area contributed by atoms with Crippen LogP contribution in [0.1, 0.15) is 28.9 Å². The molecule has 2 aromatic heterocycles. The van der Waals surface area contributed by atoms with Gasteiger partial charge in [0.05, 0.1) is 12.8 Å². The largest absolute Gasteiger partial charge is 0.497 e. The van der Waals surface area contributed by atoms with Crippen molar-refractivity contribution in [2.75, 3.05) is 12.4 Å². The van der Waals surface area contributed by atoms with E-state index in [0.717, 1.165) is 59.6 Å². The number of imidazole rings is 1. The Labute approximate surface area is 214 Å². The minimum Gasteiger partial charge on any atom is -0.497 e. The molecular formula is C30H26ClN3O2. The molecule has 5 nitrogen and oxygen atoms in total. The predicted molar refractivity (Wildman–Crippen MR) is 145 cm³/mol. The number of hydrogen-bond donors (Lipinski definition) is 1. The van der Waals surface area contributed by atoms with Crippen molar-refractivity contribution in [2.45, 2.75) is 25.8 Å². The SMILES string of the molecule is COc1ccc(-c2cn3c(C(=O)Nc4ccc(Cl)cc4)c(-c4ccccc4)c4c3n2CCCC4)cc1. The monoisotopic (exact) mass is 495 g/mol. The Morgan fingerprint density at radius 2 is 1.67 bits per heavy atom. The third-order valence-electron chi connectivity index (χ3n) is 6.90. The van der Waals surface area contributed by atoms with E-state index < -0.39 is 0 Å². The molecular weight excluding hydrogens is 470 g/mol. The summed E-state index contributed by atoms with van der Waals surface area (Å²) in [6.45, 7) is 0.904. The van der Waals surface area contributed by atoms with Crippen molar-refractivity contribution in [3.8, 4) is 28.1 Å². The molecule has 1 aliphatic heterocycles. The van der Waals surface area contributed by atoms with E-state index in [0.29, 0.717) is 16.4 Å². The minimum atomic E-state index is -0.142. The van der Waals surface area contributed by atoms with E-state index in [1.807, 2.05) is 42.5 Å². The Morgan fingerprint density at radius 1 is 0.917 bits per heavy atom. The van der Waals surface area contributed by atoms with Gasteiger partial charge in [0, 0.05) is 34.6 Å². The Balaban J connectivity index is 1.58. The molecule has 0 saturated carbocycles. The summed E-state index contributed by atoms with van der Waals surface area (Å²) in [5, 5.41) is 3.73. The second-order valence-corrected chi connectivity index (χ2v) is 9.51. The molecule has 1 N–H and O–H groups in total. The van der Waals surface area contributed by atoms with E-state index >= 15 is 0 Å². The van der Waals surface area contributed by atoms with Crippen molar-refractivity contribution in [3.05, 3.63) is 101 Å². The molecule has 1 aliphatic rings. The van der Waals surface area contributed by atoms with Crippen LogP contribution in [0.5, 0.6) is 5.75 Å². The maximum atomic E-state index is 13.9. The van der Waals surface area contributed by atoms with Crippen LogP contribution in [-0.4, -0.2) is 22.0 Å². The van der Waals surface area contributed by atoms with Crippen LogP contribution in [0.15, 0.2) is 85.1 Å². The van der Waals surface area contributed by atoms with Gasteiger partial charge in [-0.05, 0) is 78.9 Å². The summed E-state index contributed by atoms with van der Waals surface area (Å²) in [6.07, 6.45) is 5.19. The Bertz CT molecular complexity index is 1550. The first-order valence-electron chi connectivity index (χ1n) is 12.2. The third-order valence-corrected chi connectivity index (χ3v) is 7.15. The van der Waals surface area contributed by atoms with Gasteiger partial charge in [0.2, 0.25) is 0 Å². The van der Waals surface area contributed by atoms with Gasteiger partial charge in [0.1, 0.15) is 17.1 Å². The smallest absolute Gasteiger partial charge is 0.273 e. The predicted octanol–water partition coefficient (Wildman–Crippen LogP) is 7.33. The van der Waals surface area contributed by atoms with Crippen LogP contribution < -0.4 is 10.1 Å². The molecule has 0 fully saturated rings. The lowest BCUT2D eigenvalue weighted by atomic mass is 9.98. The standard InChI is InChI=1S/C30H26ClN3O2/c1-36-24-16-10-20(11-17-24)26-19-34-28(29(35)32-23-14-12-22(31)13-15-23)27(21-7-3-2-4-8-21)25-9-5-6-18-33(26)30(25)34/h2-4,7-8,10-17,19H,5-6,9,18H2,1H3,(H,32,35). The van der Waals surface area contributed by atoms with E-state index in [1.54, 1.807) is 19.2 Å². The van der Waals surface area contributed by atoms with E-state index in [1.165, 1.54) is 5.56 Å². The highest BCUT2D eigenvalue weighted by Gasteiger charge is 2.29. The maximum Gasteiger partial charge on any atom is 0.273 e. The molecule has 6 heteroatoms. The Morgan fingerprint density at radius 3 is 2.39 bits per heavy atom. The lowest BCUT2D eigenvalue weighted by Gasteiger charge is -2.10. The number of methoxy groups -OCH3 is 1. The lowest BCUT2D eigenvalue weighted by molar-refractivity contribution is 0.102. The summed E-state index contributed by atoms with van der Waals surface area (Å²) in [4.78, 5) is 13.9. The van der Waals surface area contributed by atoms with Gasteiger partial charge in [0.25, 0.3) is 5.91 Å². The number of nitrogens with one attached hydrogen (secondary N) is 1. The van der Waals surface area contributed by atoms with Crippen molar-refractivity contribution in [1.29, 1.82) is 0 Å². The molecule has 0 radical (unpaired) electrons. The number of hydrogen-bond acceptors (Lipinski definition) is 2. The maximum absolute atomic E-state index is 13.9. The van der Waals surface area contributed by atoms with Crippen molar-refractivity contribution in [1.82, 2.24) is 8.97 Å². The van der Waals surface area contributed by atoms with Gasteiger partial charge in [-0.3, -0.25) is 9.20 Å². The molecule has 36 heavy (non-hydrogen) atoms. The molecule has 0 aliphatic carbocycles. The number of anilines is 1. The summed E-state index contributed by atoms with van der Waals surface area (Å²) < 4.78 is 9.82. The number of carbonyl (C=O) groups excluding carboxylic acids is 1. The van der Waals surface area contributed by atoms with Gasteiger partial charge < -0.3 is 14.6 Å². The van der Waals surface area contributed by atoms with Gasteiger partial charge in [-0.15, -0.1) is 0 Å². The van der Waals surface area contributed by atoms with Gasteiger partial charge in [-0.1, -0.05) is 41.9 Å². The second-order valence-electron chi connectivity index (χ2n) is 9.07. The fourth-order valence-corrected chi connectivity index (χ4v) is 5.37. The van der Waals surface area contributed by atoms with Crippen LogP contribution in [0.25, 0.3) is 28.0 Å². The highest BCUT2D eigenvalue weighted by atomic mass is 35.5. The molecule has 3 heterocycles. The number of nitrogens with zero attached hydrogens (tertiary/aromatic N) is 2. The van der Waals surface area contributed by atoms with Crippen molar-refractivity contribution in [2.24, 2.45) is 0 Å². The van der Waals surface area contributed by atoms with Crippen LogP contribution >= 0.6 is 11.6 Å². The van der Waals surface area contributed by atoms with Gasteiger partial charge >= 0.3 is 0 Å². The molecule has 1 amide bonds.